The lowest BCUT2D eigenvalue weighted by Crippen LogP contribution is -2.41. The molecule has 2 atom stereocenters. The summed E-state index contributed by atoms with van der Waals surface area (Å²) in [6.07, 6.45) is 0.205. The van der Waals surface area contributed by atoms with Gasteiger partial charge in [0.05, 0.1) is 6.10 Å². The molecule has 2 unspecified atom stereocenters. The predicted molar refractivity (Wildman–Crippen MR) is 79.6 cm³/mol. The van der Waals surface area contributed by atoms with Gasteiger partial charge < -0.3 is 20.6 Å². The fraction of sp³-hybridized carbons (Fsp3) is 0.533. The van der Waals surface area contributed by atoms with Crippen molar-refractivity contribution in [1.82, 2.24) is 9.80 Å². The molecule has 1 heterocycles. The molecule has 0 aromatic heterocycles. The van der Waals surface area contributed by atoms with Crippen molar-refractivity contribution in [3.8, 4) is 0 Å². The Balaban J connectivity index is 2.19. The number of rotatable bonds is 3. The van der Waals surface area contributed by atoms with Crippen molar-refractivity contribution in [2.45, 2.75) is 25.5 Å². The minimum absolute atomic E-state index is 0.0310. The maximum Gasteiger partial charge on any atom is 0.254 e. The lowest BCUT2D eigenvalue weighted by atomic mass is 10.1. The fourth-order valence-electron chi connectivity index (χ4n) is 2.71. The highest BCUT2D eigenvalue weighted by molar-refractivity contribution is 5.95. The number of carbonyl (C=O) groups excluding carboxylic acids is 1. The van der Waals surface area contributed by atoms with Gasteiger partial charge in [-0.3, -0.25) is 4.79 Å². The van der Waals surface area contributed by atoms with E-state index in [1.807, 2.05) is 32.0 Å². The molecule has 1 saturated heterocycles. The van der Waals surface area contributed by atoms with Crippen LogP contribution in [0.5, 0.6) is 0 Å². The second-order valence-electron chi connectivity index (χ2n) is 5.83. The summed E-state index contributed by atoms with van der Waals surface area (Å²) in [5.74, 6) is -0.0310. The summed E-state index contributed by atoms with van der Waals surface area (Å²) < 4.78 is 0. The van der Waals surface area contributed by atoms with Gasteiger partial charge >= 0.3 is 0 Å². The van der Waals surface area contributed by atoms with E-state index in [1.165, 1.54) is 0 Å². The molecule has 1 amide bonds. The number of likely N-dealkylation sites (tertiary alicyclic amines) is 1. The van der Waals surface area contributed by atoms with Gasteiger partial charge in [-0.25, -0.2) is 0 Å². The summed E-state index contributed by atoms with van der Waals surface area (Å²) in [5, 5.41) is 9.84. The van der Waals surface area contributed by atoms with Gasteiger partial charge in [0.1, 0.15) is 0 Å². The van der Waals surface area contributed by atoms with Crippen molar-refractivity contribution in [2.75, 3.05) is 32.9 Å². The number of likely N-dealkylation sites (N-methyl/N-ethyl adjacent to an activating group) is 1. The van der Waals surface area contributed by atoms with Crippen LogP contribution in [0, 0.1) is 6.92 Å². The number of nitrogen functional groups attached to an aromatic ring is 1. The summed E-state index contributed by atoms with van der Waals surface area (Å²) in [5.41, 5.74) is 8.01. The Labute approximate surface area is 120 Å². The zero-order valence-electron chi connectivity index (χ0n) is 12.3. The molecule has 3 N–H and O–H groups in total. The third-order valence-electron chi connectivity index (χ3n) is 3.75. The molecule has 1 aromatic rings. The minimum atomic E-state index is -0.432. The Morgan fingerprint density at radius 3 is 2.80 bits per heavy atom. The molecule has 0 radical (unpaired) electrons. The molecule has 1 aliphatic rings. The number of carbonyl (C=O) groups is 1. The largest absolute Gasteiger partial charge is 0.399 e. The Bertz CT molecular complexity index is 502. The van der Waals surface area contributed by atoms with E-state index in [0.29, 0.717) is 24.2 Å². The van der Waals surface area contributed by atoms with Gasteiger partial charge in [-0.1, -0.05) is 0 Å². The van der Waals surface area contributed by atoms with Gasteiger partial charge in [0.2, 0.25) is 0 Å². The third-order valence-corrected chi connectivity index (χ3v) is 3.75. The molecular formula is C15H23N3O2. The van der Waals surface area contributed by atoms with E-state index in [-0.39, 0.29) is 11.9 Å². The second kappa shape index (κ2) is 5.81. The molecule has 5 nitrogen and oxygen atoms in total. The zero-order chi connectivity index (χ0) is 14.9. The average Bonchev–Trinajstić information content (AvgIpc) is 2.72. The second-order valence-corrected chi connectivity index (χ2v) is 5.83. The van der Waals surface area contributed by atoms with Crippen LogP contribution in [0.2, 0.25) is 0 Å². The summed E-state index contributed by atoms with van der Waals surface area (Å²) in [4.78, 5) is 16.4. The van der Waals surface area contributed by atoms with Crippen LogP contribution >= 0.6 is 0 Å². The van der Waals surface area contributed by atoms with E-state index in [1.54, 1.807) is 17.0 Å². The van der Waals surface area contributed by atoms with E-state index < -0.39 is 6.10 Å². The minimum Gasteiger partial charge on any atom is -0.399 e. The number of nitrogens with zero attached hydrogens (tertiary/aromatic N) is 2. The third kappa shape index (κ3) is 3.11. The van der Waals surface area contributed by atoms with Crippen LogP contribution in [0.4, 0.5) is 5.69 Å². The van der Waals surface area contributed by atoms with Crippen LogP contribution in [0.3, 0.4) is 0 Å². The van der Waals surface area contributed by atoms with Crippen molar-refractivity contribution in [3.63, 3.8) is 0 Å². The van der Waals surface area contributed by atoms with Gasteiger partial charge in [-0.2, -0.15) is 0 Å². The molecule has 5 heteroatoms. The number of anilines is 1. The van der Waals surface area contributed by atoms with Crippen LogP contribution < -0.4 is 5.73 Å². The van der Waals surface area contributed by atoms with Crippen molar-refractivity contribution < 1.29 is 9.90 Å². The molecule has 1 fully saturated rings. The monoisotopic (exact) mass is 277 g/mol. The van der Waals surface area contributed by atoms with Crippen molar-refractivity contribution in [3.05, 3.63) is 29.3 Å². The number of hydrogen-bond donors (Lipinski definition) is 2. The Kier molecular flexibility index (Phi) is 4.30. The molecule has 0 aliphatic carbocycles. The van der Waals surface area contributed by atoms with Crippen molar-refractivity contribution >= 4 is 11.6 Å². The first-order chi connectivity index (χ1) is 9.38. The maximum absolute atomic E-state index is 12.6. The molecule has 1 aliphatic heterocycles. The SMILES string of the molecule is Cc1cc(C(=O)N2CC(O)CC2CN(C)C)ccc1N. The van der Waals surface area contributed by atoms with E-state index in [4.69, 9.17) is 5.73 Å². The van der Waals surface area contributed by atoms with Crippen LogP contribution in [0.15, 0.2) is 18.2 Å². The number of amides is 1. The standard InChI is InChI=1S/C15H23N3O2/c1-10-6-11(4-5-14(10)16)15(20)18-9-13(19)7-12(18)8-17(2)3/h4-6,12-13,19H,7-9,16H2,1-3H3. The lowest BCUT2D eigenvalue weighted by Gasteiger charge is -2.27. The first-order valence-corrected chi connectivity index (χ1v) is 6.88. The number of aliphatic hydroxyl groups is 1. The smallest absolute Gasteiger partial charge is 0.254 e. The number of aryl methyl sites for hydroxylation is 1. The molecule has 2 rings (SSSR count). The molecule has 1 aromatic carbocycles. The topological polar surface area (TPSA) is 69.8 Å². The summed E-state index contributed by atoms with van der Waals surface area (Å²) in [6, 6.07) is 5.39. The van der Waals surface area contributed by atoms with Crippen LogP contribution in [-0.2, 0) is 0 Å². The number of benzene rings is 1. The van der Waals surface area contributed by atoms with E-state index >= 15 is 0 Å². The van der Waals surface area contributed by atoms with Gasteiger partial charge in [0.15, 0.2) is 0 Å². The van der Waals surface area contributed by atoms with Gasteiger partial charge in [0, 0.05) is 30.4 Å². The van der Waals surface area contributed by atoms with Crippen LogP contribution in [-0.4, -0.2) is 60.1 Å². The average molecular weight is 277 g/mol. The normalized spacial score (nSPS) is 22.6. The Morgan fingerprint density at radius 1 is 1.50 bits per heavy atom. The lowest BCUT2D eigenvalue weighted by molar-refractivity contribution is 0.0699. The quantitative estimate of drug-likeness (QED) is 0.799. The van der Waals surface area contributed by atoms with E-state index in [2.05, 4.69) is 0 Å². The van der Waals surface area contributed by atoms with Gasteiger partial charge in [0.25, 0.3) is 5.91 Å². The van der Waals surface area contributed by atoms with Gasteiger partial charge in [-0.05, 0) is 51.2 Å². The first kappa shape index (κ1) is 14.8. The number of β-amino-alcohol motifs (C(OH)–C–C–N with tert-alkyl or cyclic N) is 1. The van der Waals surface area contributed by atoms with Gasteiger partial charge in [-0.15, -0.1) is 0 Å². The van der Waals surface area contributed by atoms with Crippen molar-refractivity contribution in [1.29, 1.82) is 0 Å². The van der Waals surface area contributed by atoms with E-state index in [9.17, 15) is 9.90 Å². The fourth-order valence-corrected chi connectivity index (χ4v) is 2.71. The number of nitrogens with two attached hydrogens (primary N) is 1. The maximum atomic E-state index is 12.6. The molecule has 0 saturated carbocycles. The first-order valence-electron chi connectivity index (χ1n) is 6.88. The number of hydrogen-bond acceptors (Lipinski definition) is 4. The van der Waals surface area contributed by atoms with Crippen LogP contribution in [0.25, 0.3) is 0 Å². The highest BCUT2D eigenvalue weighted by Gasteiger charge is 2.34. The molecule has 0 bridgehead atoms. The summed E-state index contributed by atoms with van der Waals surface area (Å²) >= 11 is 0. The summed E-state index contributed by atoms with van der Waals surface area (Å²) in [6.45, 7) is 3.06. The van der Waals surface area contributed by atoms with Crippen LogP contribution in [0.1, 0.15) is 22.3 Å². The zero-order valence-corrected chi connectivity index (χ0v) is 12.3. The van der Waals surface area contributed by atoms with Crippen molar-refractivity contribution in [2.24, 2.45) is 0 Å². The highest BCUT2D eigenvalue weighted by atomic mass is 16.3. The molecule has 0 spiro atoms. The Morgan fingerprint density at radius 2 is 2.20 bits per heavy atom. The Hall–Kier alpha value is -1.59. The predicted octanol–water partition coefficient (Wildman–Crippen LogP) is 0.714. The number of aliphatic hydroxyl groups excluding tert-OH is 1. The molecule has 110 valence electrons. The summed E-state index contributed by atoms with van der Waals surface area (Å²) in [7, 11) is 3.95. The molecule has 20 heavy (non-hydrogen) atoms. The van der Waals surface area contributed by atoms with E-state index in [0.717, 1.165) is 12.1 Å². The molecular weight excluding hydrogens is 254 g/mol. The highest BCUT2D eigenvalue weighted by Crippen LogP contribution is 2.22.